The second-order valence-electron chi connectivity index (χ2n) is 5.99. The van der Waals surface area contributed by atoms with Crippen molar-refractivity contribution in [1.82, 2.24) is 0 Å². The van der Waals surface area contributed by atoms with Gasteiger partial charge in [-0.25, -0.2) is 8.42 Å². The van der Waals surface area contributed by atoms with Crippen LogP contribution in [0.2, 0.25) is 5.02 Å². The highest BCUT2D eigenvalue weighted by atomic mass is 35.5. The topological polar surface area (TPSA) is 84.9 Å². The fourth-order valence-electron chi connectivity index (χ4n) is 2.81. The Morgan fingerprint density at radius 1 is 1.14 bits per heavy atom. The van der Waals surface area contributed by atoms with Crippen LogP contribution in [0.3, 0.4) is 0 Å². The summed E-state index contributed by atoms with van der Waals surface area (Å²) in [6, 6.07) is 10.6. The molecule has 1 amide bonds. The van der Waals surface area contributed by atoms with E-state index in [0.29, 0.717) is 27.9 Å². The lowest BCUT2D eigenvalue weighted by atomic mass is 10.1. The predicted octanol–water partition coefficient (Wildman–Crippen LogP) is 3.54. The number of carbonyl (C=O) groups is 1. The standard InChI is InChI=1S/C19H23ClN2O5S/c1-5-16(22(28(4,24)25)13-9-7-6-8-10-13)19(23)21-15-12-17(26-2)14(20)11-18(15)27-3/h6-12,16H,5H2,1-4H3,(H,21,23)/t16-/m0/s1. The van der Waals surface area contributed by atoms with Crippen LogP contribution in [0.5, 0.6) is 11.5 Å². The Balaban J connectivity index is 2.42. The van der Waals surface area contributed by atoms with Gasteiger partial charge in [-0.1, -0.05) is 36.7 Å². The van der Waals surface area contributed by atoms with Crippen molar-refractivity contribution >= 4 is 38.9 Å². The maximum atomic E-state index is 13.0. The number of nitrogens with one attached hydrogen (secondary N) is 1. The minimum atomic E-state index is -3.71. The highest BCUT2D eigenvalue weighted by Gasteiger charge is 2.32. The number of halogens is 1. The summed E-state index contributed by atoms with van der Waals surface area (Å²) < 4.78 is 36.4. The molecule has 0 spiro atoms. The fourth-order valence-corrected chi connectivity index (χ4v) is 4.25. The van der Waals surface area contributed by atoms with E-state index < -0.39 is 22.0 Å². The molecule has 2 rings (SSSR count). The summed E-state index contributed by atoms with van der Waals surface area (Å²) in [5.41, 5.74) is 0.737. The molecular formula is C19H23ClN2O5S. The van der Waals surface area contributed by atoms with Crippen LogP contribution in [-0.2, 0) is 14.8 Å². The largest absolute Gasteiger partial charge is 0.495 e. The van der Waals surface area contributed by atoms with E-state index in [4.69, 9.17) is 21.1 Å². The summed E-state index contributed by atoms with van der Waals surface area (Å²) in [5, 5.41) is 3.05. The van der Waals surface area contributed by atoms with Gasteiger partial charge in [0, 0.05) is 12.1 Å². The van der Waals surface area contributed by atoms with Crippen LogP contribution in [-0.4, -0.2) is 40.8 Å². The molecule has 1 N–H and O–H groups in total. The molecule has 7 nitrogen and oxygen atoms in total. The van der Waals surface area contributed by atoms with E-state index in [1.54, 1.807) is 37.3 Å². The fraction of sp³-hybridized carbons (Fsp3) is 0.316. The number of rotatable bonds is 8. The van der Waals surface area contributed by atoms with Crippen LogP contribution in [0.1, 0.15) is 13.3 Å². The normalized spacial score (nSPS) is 12.2. The van der Waals surface area contributed by atoms with Gasteiger partial charge in [-0.05, 0) is 18.6 Å². The van der Waals surface area contributed by atoms with Crippen LogP contribution in [0, 0.1) is 0 Å². The lowest BCUT2D eigenvalue weighted by Gasteiger charge is -2.30. The van der Waals surface area contributed by atoms with Crippen LogP contribution in [0.4, 0.5) is 11.4 Å². The lowest BCUT2D eigenvalue weighted by Crippen LogP contribution is -2.47. The summed E-state index contributed by atoms with van der Waals surface area (Å²) in [5.74, 6) is 0.188. The van der Waals surface area contributed by atoms with Crippen molar-refractivity contribution in [3.05, 3.63) is 47.5 Å². The first-order chi connectivity index (χ1) is 13.2. The Hall–Kier alpha value is -2.45. The van der Waals surface area contributed by atoms with Gasteiger partial charge in [0.25, 0.3) is 0 Å². The van der Waals surface area contributed by atoms with Crippen molar-refractivity contribution in [2.24, 2.45) is 0 Å². The Labute approximate surface area is 170 Å². The van der Waals surface area contributed by atoms with Crippen LogP contribution >= 0.6 is 11.6 Å². The van der Waals surface area contributed by atoms with E-state index in [9.17, 15) is 13.2 Å². The van der Waals surface area contributed by atoms with Gasteiger partial charge in [0.05, 0.1) is 36.9 Å². The van der Waals surface area contributed by atoms with Gasteiger partial charge in [0.1, 0.15) is 17.5 Å². The quantitative estimate of drug-likeness (QED) is 0.697. The molecule has 2 aromatic carbocycles. The minimum absolute atomic E-state index is 0.265. The predicted molar refractivity (Wildman–Crippen MR) is 111 cm³/mol. The number of nitrogens with zero attached hydrogens (tertiary/aromatic N) is 1. The molecule has 0 aliphatic heterocycles. The maximum Gasteiger partial charge on any atom is 0.248 e. The molecular weight excluding hydrogens is 404 g/mol. The van der Waals surface area contributed by atoms with Crippen molar-refractivity contribution < 1.29 is 22.7 Å². The number of hydrogen-bond acceptors (Lipinski definition) is 5. The Kier molecular flexibility index (Phi) is 7.15. The van der Waals surface area contributed by atoms with Crippen LogP contribution in [0.15, 0.2) is 42.5 Å². The third-order valence-corrected chi connectivity index (χ3v) is 5.55. The van der Waals surface area contributed by atoms with Crippen molar-refractivity contribution in [1.29, 1.82) is 0 Å². The number of methoxy groups -OCH3 is 2. The van der Waals surface area contributed by atoms with Gasteiger partial charge >= 0.3 is 0 Å². The Morgan fingerprint density at radius 3 is 2.25 bits per heavy atom. The molecule has 0 heterocycles. The SMILES string of the molecule is CC[C@@H](C(=O)Nc1cc(OC)c(Cl)cc1OC)N(c1ccccc1)S(C)(=O)=O. The number of amides is 1. The van der Waals surface area contributed by atoms with Gasteiger partial charge in [0.15, 0.2) is 0 Å². The Bertz CT molecular complexity index is 935. The first-order valence-electron chi connectivity index (χ1n) is 8.49. The highest BCUT2D eigenvalue weighted by Crippen LogP contribution is 2.36. The van der Waals surface area contributed by atoms with Crippen LogP contribution < -0.4 is 19.1 Å². The molecule has 0 aromatic heterocycles. The summed E-state index contributed by atoms with van der Waals surface area (Å²) in [6.07, 6.45) is 1.34. The second kappa shape index (κ2) is 9.16. The summed E-state index contributed by atoms with van der Waals surface area (Å²) in [7, 11) is -0.811. The molecule has 28 heavy (non-hydrogen) atoms. The maximum absolute atomic E-state index is 13.0. The smallest absolute Gasteiger partial charge is 0.248 e. The van der Waals surface area contributed by atoms with E-state index in [0.717, 1.165) is 10.6 Å². The van der Waals surface area contributed by atoms with E-state index >= 15 is 0 Å². The zero-order valence-electron chi connectivity index (χ0n) is 16.1. The second-order valence-corrected chi connectivity index (χ2v) is 8.26. The molecule has 0 bridgehead atoms. The highest BCUT2D eigenvalue weighted by molar-refractivity contribution is 7.92. The van der Waals surface area contributed by atoms with Gasteiger partial charge in [-0.3, -0.25) is 9.10 Å². The molecule has 0 aliphatic rings. The third-order valence-electron chi connectivity index (χ3n) is 4.07. The van der Waals surface area contributed by atoms with E-state index in [1.165, 1.54) is 26.4 Å². The average Bonchev–Trinajstić information content (AvgIpc) is 2.66. The zero-order chi connectivity index (χ0) is 20.9. The number of sulfonamides is 1. The molecule has 0 saturated carbocycles. The van der Waals surface area contributed by atoms with Crippen molar-refractivity contribution in [2.45, 2.75) is 19.4 Å². The number of hydrogen-bond donors (Lipinski definition) is 1. The van der Waals surface area contributed by atoms with Crippen molar-refractivity contribution in [2.75, 3.05) is 30.1 Å². The van der Waals surface area contributed by atoms with Gasteiger partial charge < -0.3 is 14.8 Å². The first kappa shape index (κ1) is 21.8. The monoisotopic (exact) mass is 426 g/mol. The molecule has 0 aliphatic carbocycles. The molecule has 0 radical (unpaired) electrons. The molecule has 152 valence electrons. The van der Waals surface area contributed by atoms with Crippen molar-refractivity contribution in [3.63, 3.8) is 0 Å². The van der Waals surface area contributed by atoms with Gasteiger partial charge in [-0.2, -0.15) is 0 Å². The number of ether oxygens (including phenoxy) is 2. The summed E-state index contributed by atoms with van der Waals surface area (Å²) >= 11 is 6.09. The third kappa shape index (κ3) is 4.88. The van der Waals surface area contributed by atoms with Gasteiger partial charge in [-0.15, -0.1) is 0 Å². The first-order valence-corrected chi connectivity index (χ1v) is 10.7. The number of carbonyl (C=O) groups excluding carboxylic acids is 1. The van der Waals surface area contributed by atoms with E-state index in [2.05, 4.69) is 5.32 Å². The number of para-hydroxylation sites is 1. The zero-order valence-corrected chi connectivity index (χ0v) is 17.7. The Morgan fingerprint density at radius 2 is 1.75 bits per heavy atom. The molecule has 0 unspecified atom stereocenters. The van der Waals surface area contributed by atoms with E-state index in [1.807, 2.05) is 0 Å². The molecule has 9 heteroatoms. The molecule has 1 atom stereocenters. The summed E-state index contributed by atoms with van der Waals surface area (Å²) in [4.78, 5) is 13.0. The number of anilines is 2. The van der Waals surface area contributed by atoms with Crippen LogP contribution in [0.25, 0.3) is 0 Å². The summed E-state index contributed by atoms with van der Waals surface area (Å²) in [6.45, 7) is 1.74. The lowest BCUT2D eigenvalue weighted by molar-refractivity contribution is -0.117. The number of benzene rings is 2. The molecule has 0 fully saturated rings. The van der Waals surface area contributed by atoms with Gasteiger partial charge in [0.2, 0.25) is 15.9 Å². The molecule has 2 aromatic rings. The van der Waals surface area contributed by atoms with Crippen molar-refractivity contribution in [3.8, 4) is 11.5 Å². The minimum Gasteiger partial charge on any atom is -0.495 e. The van der Waals surface area contributed by atoms with E-state index in [-0.39, 0.29) is 6.42 Å². The average molecular weight is 427 g/mol. The molecule has 0 saturated heterocycles.